The van der Waals surface area contributed by atoms with Gasteiger partial charge in [-0.05, 0) is 30.3 Å². The molecule has 0 aliphatic rings. The molecule has 0 heterocycles. The normalized spacial score (nSPS) is 11.2. The minimum Gasteiger partial charge on any atom is -0.492 e. The second-order valence-electron chi connectivity index (χ2n) is 5.24. The highest BCUT2D eigenvalue weighted by Gasteiger charge is 2.16. The molecule has 0 fully saturated rings. The minimum atomic E-state index is -4.02. The Morgan fingerprint density at radius 2 is 1.73 bits per heavy atom. The van der Waals surface area contributed by atoms with E-state index in [1.165, 1.54) is 0 Å². The zero-order valence-corrected chi connectivity index (χ0v) is 14.6. The van der Waals surface area contributed by atoms with Crippen molar-refractivity contribution in [2.75, 3.05) is 19.7 Å². The molecule has 0 saturated carbocycles. The number of sulfonamides is 1. The number of nitrogens with one attached hydrogen (secondary N) is 2. The van der Waals surface area contributed by atoms with Crippen LogP contribution in [0.15, 0.2) is 53.4 Å². The van der Waals surface area contributed by atoms with Gasteiger partial charge in [0.1, 0.15) is 12.4 Å². The van der Waals surface area contributed by atoms with E-state index in [4.69, 9.17) is 4.74 Å². The van der Waals surface area contributed by atoms with Gasteiger partial charge in [-0.3, -0.25) is 4.79 Å². The predicted molar refractivity (Wildman–Crippen MR) is 91.1 cm³/mol. The first-order chi connectivity index (χ1) is 12.4. The molecular formula is C17H18F2N2O4S. The Kier molecular flexibility index (Phi) is 7.05. The molecule has 2 aromatic rings. The Bertz CT molecular complexity index is 845. The van der Waals surface area contributed by atoms with Gasteiger partial charge in [-0.1, -0.05) is 18.2 Å². The summed E-state index contributed by atoms with van der Waals surface area (Å²) in [5.74, 6) is -2.08. The van der Waals surface area contributed by atoms with Crippen molar-refractivity contribution < 1.29 is 26.7 Å². The van der Waals surface area contributed by atoms with Gasteiger partial charge in [0.2, 0.25) is 15.9 Å². The van der Waals surface area contributed by atoms with Crippen LogP contribution in [0.25, 0.3) is 0 Å². The molecule has 0 saturated heterocycles. The summed E-state index contributed by atoms with van der Waals surface area (Å²) >= 11 is 0. The summed E-state index contributed by atoms with van der Waals surface area (Å²) in [6, 6.07) is 11.3. The number of amides is 1. The molecule has 0 bridgehead atoms. The Balaban J connectivity index is 1.69. The first kappa shape index (κ1) is 19.8. The van der Waals surface area contributed by atoms with Crippen molar-refractivity contribution in [1.29, 1.82) is 0 Å². The average Bonchev–Trinajstić information content (AvgIpc) is 2.62. The van der Waals surface area contributed by atoms with E-state index in [-0.39, 0.29) is 32.0 Å². The fourth-order valence-corrected chi connectivity index (χ4v) is 3.03. The molecule has 0 aliphatic carbocycles. The van der Waals surface area contributed by atoms with Crippen LogP contribution in [-0.4, -0.2) is 34.0 Å². The topological polar surface area (TPSA) is 84.5 Å². The van der Waals surface area contributed by atoms with Gasteiger partial charge in [-0.2, -0.15) is 0 Å². The van der Waals surface area contributed by atoms with Crippen LogP contribution >= 0.6 is 0 Å². The number of carbonyl (C=O) groups excluding carboxylic acids is 1. The Labute approximate surface area is 150 Å². The number of hydrogen-bond donors (Lipinski definition) is 2. The summed E-state index contributed by atoms with van der Waals surface area (Å²) < 4.78 is 57.4. The number of halogens is 2. The van der Waals surface area contributed by atoms with Crippen LogP contribution in [-0.2, 0) is 14.8 Å². The minimum absolute atomic E-state index is 0.103. The maximum atomic E-state index is 13.1. The highest BCUT2D eigenvalue weighted by atomic mass is 32.2. The van der Waals surface area contributed by atoms with Crippen molar-refractivity contribution in [2.45, 2.75) is 11.3 Å². The molecule has 2 rings (SSSR count). The number of ether oxygens (including phenoxy) is 1. The fourth-order valence-electron chi connectivity index (χ4n) is 1.99. The Morgan fingerprint density at radius 1 is 1.00 bits per heavy atom. The summed E-state index contributed by atoms with van der Waals surface area (Å²) in [5, 5.41) is 2.59. The lowest BCUT2D eigenvalue weighted by Crippen LogP contribution is -2.32. The first-order valence-corrected chi connectivity index (χ1v) is 9.26. The Morgan fingerprint density at radius 3 is 2.42 bits per heavy atom. The van der Waals surface area contributed by atoms with Crippen LogP contribution in [0.3, 0.4) is 0 Å². The number of hydrogen-bond acceptors (Lipinski definition) is 4. The van der Waals surface area contributed by atoms with Gasteiger partial charge < -0.3 is 10.1 Å². The highest BCUT2D eigenvalue weighted by Crippen LogP contribution is 2.13. The van der Waals surface area contributed by atoms with Crippen LogP contribution in [0.4, 0.5) is 8.78 Å². The second-order valence-corrected chi connectivity index (χ2v) is 7.00. The number of benzene rings is 2. The van der Waals surface area contributed by atoms with Crippen molar-refractivity contribution in [3.63, 3.8) is 0 Å². The molecule has 0 aliphatic heterocycles. The highest BCUT2D eigenvalue weighted by molar-refractivity contribution is 7.89. The average molecular weight is 384 g/mol. The van der Waals surface area contributed by atoms with E-state index in [0.29, 0.717) is 11.8 Å². The van der Waals surface area contributed by atoms with Gasteiger partial charge in [0.05, 0.1) is 11.4 Å². The van der Waals surface area contributed by atoms with Crippen molar-refractivity contribution >= 4 is 15.9 Å². The molecule has 0 radical (unpaired) electrons. The molecule has 6 nitrogen and oxygen atoms in total. The van der Waals surface area contributed by atoms with E-state index >= 15 is 0 Å². The number of para-hydroxylation sites is 1. The quantitative estimate of drug-likeness (QED) is 0.646. The van der Waals surface area contributed by atoms with Gasteiger partial charge in [0.25, 0.3) is 0 Å². The largest absolute Gasteiger partial charge is 0.492 e. The summed E-state index contributed by atoms with van der Waals surface area (Å²) in [6.45, 7) is 0.368. The second kappa shape index (κ2) is 9.25. The molecule has 140 valence electrons. The molecule has 0 unspecified atom stereocenters. The third-order valence-electron chi connectivity index (χ3n) is 3.28. The molecular weight excluding hydrogens is 366 g/mol. The smallest absolute Gasteiger partial charge is 0.240 e. The maximum Gasteiger partial charge on any atom is 0.240 e. The lowest BCUT2D eigenvalue weighted by atomic mass is 10.3. The molecule has 0 aromatic heterocycles. The molecule has 9 heteroatoms. The van der Waals surface area contributed by atoms with E-state index in [9.17, 15) is 22.0 Å². The predicted octanol–water partition coefficient (Wildman–Crippen LogP) is 1.83. The van der Waals surface area contributed by atoms with Crippen LogP contribution in [0.1, 0.15) is 6.42 Å². The zero-order chi connectivity index (χ0) is 19.0. The lowest BCUT2D eigenvalue weighted by Gasteiger charge is -2.09. The van der Waals surface area contributed by atoms with Gasteiger partial charge in [0.15, 0.2) is 11.6 Å². The standard InChI is InChI=1S/C17H18F2N2O4S/c18-15-7-6-14(12-16(15)19)26(23,24)21-9-8-17(22)20-10-11-25-13-4-2-1-3-5-13/h1-7,12,21H,8-11H2,(H,20,22). The van der Waals surface area contributed by atoms with Crippen molar-refractivity contribution in [2.24, 2.45) is 0 Å². The molecule has 1 amide bonds. The lowest BCUT2D eigenvalue weighted by molar-refractivity contribution is -0.121. The van der Waals surface area contributed by atoms with Crippen LogP contribution in [0.5, 0.6) is 5.75 Å². The third kappa shape index (κ3) is 6.08. The van der Waals surface area contributed by atoms with Gasteiger partial charge in [-0.25, -0.2) is 21.9 Å². The van der Waals surface area contributed by atoms with Gasteiger partial charge in [-0.15, -0.1) is 0 Å². The molecule has 2 N–H and O–H groups in total. The fraction of sp³-hybridized carbons (Fsp3) is 0.235. The van der Waals surface area contributed by atoms with Crippen molar-refractivity contribution in [3.8, 4) is 5.75 Å². The van der Waals surface area contributed by atoms with Crippen LogP contribution in [0.2, 0.25) is 0 Å². The zero-order valence-electron chi connectivity index (χ0n) is 13.7. The monoisotopic (exact) mass is 384 g/mol. The van der Waals surface area contributed by atoms with Crippen LogP contribution < -0.4 is 14.8 Å². The first-order valence-electron chi connectivity index (χ1n) is 7.78. The summed E-state index contributed by atoms with van der Waals surface area (Å²) in [5.41, 5.74) is 0. The van der Waals surface area contributed by atoms with Crippen molar-refractivity contribution in [3.05, 3.63) is 60.2 Å². The van der Waals surface area contributed by atoms with Gasteiger partial charge in [0, 0.05) is 13.0 Å². The van der Waals surface area contributed by atoms with E-state index in [0.717, 1.165) is 12.1 Å². The maximum absolute atomic E-state index is 13.1. The molecule has 0 atom stereocenters. The van der Waals surface area contributed by atoms with Crippen LogP contribution in [0, 0.1) is 11.6 Å². The SMILES string of the molecule is O=C(CCNS(=O)(=O)c1ccc(F)c(F)c1)NCCOc1ccccc1. The number of rotatable bonds is 9. The third-order valence-corrected chi connectivity index (χ3v) is 4.74. The van der Waals surface area contributed by atoms with E-state index in [2.05, 4.69) is 10.0 Å². The molecule has 0 spiro atoms. The van der Waals surface area contributed by atoms with Crippen molar-refractivity contribution in [1.82, 2.24) is 10.0 Å². The summed E-state index contributed by atoms with van der Waals surface area (Å²) in [4.78, 5) is 11.3. The molecule has 26 heavy (non-hydrogen) atoms. The van der Waals surface area contributed by atoms with E-state index in [1.54, 1.807) is 12.1 Å². The van der Waals surface area contributed by atoms with E-state index in [1.807, 2.05) is 18.2 Å². The van der Waals surface area contributed by atoms with E-state index < -0.39 is 26.6 Å². The summed E-state index contributed by atoms with van der Waals surface area (Å²) in [7, 11) is -4.02. The summed E-state index contributed by atoms with van der Waals surface area (Å²) in [6.07, 6.45) is -0.103. The molecule has 2 aromatic carbocycles. The van der Waals surface area contributed by atoms with Gasteiger partial charge >= 0.3 is 0 Å². The number of carbonyl (C=O) groups is 1. The Hall–Kier alpha value is -2.52.